The van der Waals surface area contributed by atoms with E-state index in [2.05, 4.69) is 15.2 Å². The predicted octanol–water partition coefficient (Wildman–Crippen LogP) is 1.14. The Morgan fingerprint density at radius 3 is 2.71 bits per heavy atom. The number of nitrogens with zero attached hydrogens (tertiary/aromatic N) is 2. The summed E-state index contributed by atoms with van der Waals surface area (Å²) in [5.41, 5.74) is 2.35. The number of hydrogen-bond acceptors (Lipinski definition) is 3. The molecule has 4 heteroatoms. The Bertz CT molecular complexity index is 484. The molecule has 2 aromatic heterocycles. The van der Waals surface area contributed by atoms with Crippen molar-refractivity contribution in [2.45, 2.75) is 6.92 Å². The van der Waals surface area contributed by atoms with Gasteiger partial charge >= 0.3 is 0 Å². The van der Waals surface area contributed by atoms with E-state index in [1.165, 1.54) is 6.07 Å². The highest BCUT2D eigenvalue weighted by Gasteiger charge is 1.99. The lowest BCUT2D eigenvalue weighted by molar-refractivity contribution is 0.988. The zero-order chi connectivity index (χ0) is 9.97. The average Bonchev–Trinajstić information content (AvgIpc) is 2.19. The van der Waals surface area contributed by atoms with E-state index in [4.69, 9.17) is 0 Å². The summed E-state index contributed by atoms with van der Waals surface area (Å²) in [5.74, 6) is 0. The fourth-order valence-corrected chi connectivity index (χ4v) is 1.16. The highest BCUT2D eigenvalue weighted by atomic mass is 16.1. The second kappa shape index (κ2) is 3.41. The fourth-order valence-electron chi connectivity index (χ4n) is 1.16. The molecule has 0 unspecified atom stereocenters. The summed E-state index contributed by atoms with van der Waals surface area (Å²) >= 11 is 0. The zero-order valence-electron chi connectivity index (χ0n) is 7.69. The molecule has 0 saturated carbocycles. The van der Waals surface area contributed by atoms with Gasteiger partial charge in [-0.15, -0.1) is 0 Å². The van der Waals surface area contributed by atoms with Crippen molar-refractivity contribution >= 4 is 0 Å². The van der Waals surface area contributed by atoms with Crippen LogP contribution in [0.5, 0.6) is 0 Å². The first-order chi connectivity index (χ1) is 6.75. The molecular formula is C10H9N3O. The van der Waals surface area contributed by atoms with Gasteiger partial charge in [0.1, 0.15) is 5.69 Å². The summed E-state index contributed by atoms with van der Waals surface area (Å²) < 4.78 is 0. The van der Waals surface area contributed by atoms with Gasteiger partial charge in [0.05, 0.1) is 5.69 Å². The van der Waals surface area contributed by atoms with Gasteiger partial charge in [-0.2, -0.15) is 5.10 Å². The fraction of sp³-hybridized carbons (Fsp3) is 0.100. The van der Waals surface area contributed by atoms with Gasteiger partial charge in [-0.05, 0) is 30.7 Å². The number of nitrogens with one attached hydrogen (secondary N) is 1. The van der Waals surface area contributed by atoms with Crippen LogP contribution in [0.2, 0.25) is 0 Å². The molecule has 2 heterocycles. The molecule has 14 heavy (non-hydrogen) atoms. The standard InChI is InChI=1S/C10H9N3O/c1-7-4-5-11-9(6-7)8-2-3-10(14)13-12-8/h2-6H,1H3,(H,13,14). The van der Waals surface area contributed by atoms with Crippen LogP contribution in [-0.4, -0.2) is 15.2 Å². The van der Waals surface area contributed by atoms with Gasteiger partial charge in [-0.25, -0.2) is 5.10 Å². The number of pyridine rings is 1. The third-order valence-electron chi connectivity index (χ3n) is 1.86. The molecule has 0 saturated heterocycles. The van der Waals surface area contributed by atoms with E-state index < -0.39 is 0 Å². The highest BCUT2D eigenvalue weighted by molar-refractivity contribution is 5.53. The van der Waals surface area contributed by atoms with Crippen molar-refractivity contribution in [3.05, 3.63) is 46.4 Å². The van der Waals surface area contributed by atoms with E-state index in [0.29, 0.717) is 5.69 Å². The summed E-state index contributed by atoms with van der Waals surface area (Å²) in [7, 11) is 0. The van der Waals surface area contributed by atoms with Crippen LogP contribution in [-0.2, 0) is 0 Å². The number of hydrogen-bond donors (Lipinski definition) is 1. The maximum absolute atomic E-state index is 10.8. The molecule has 0 aromatic carbocycles. The minimum Gasteiger partial charge on any atom is -0.268 e. The van der Waals surface area contributed by atoms with Gasteiger partial charge in [-0.3, -0.25) is 9.78 Å². The molecular weight excluding hydrogens is 178 g/mol. The summed E-state index contributed by atoms with van der Waals surface area (Å²) in [6, 6.07) is 6.92. The Morgan fingerprint density at radius 1 is 1.21 bits per heavy atom. The molecule has 70 valence electrons. The minimum atomic E-state index is -0.207. The number of aromatic amines is 1. The molecule has 0 amide bonds. The molecule has 0 radical (unpaired) electrons. The Balaban J connectivity index is 2.49. The van der Waals surface area contributed by atoms with E-state index in [9.17, 15) is 4.79 Å². The lowest BCUT2D eigenvalue weighted by atomic mass is 10.2. The van der Waals surface area contributed by atoms with Crippen molar-refractivity contribution in [3.63, 3.8) is 0 Å². The maximum atomic E-state index is 10.8. The predicted molar refractivity (Wildman–Crippen MR) is 52.8 cm³/mol. The van der Waals surface area contributed by atoms with Crippen LogP contribution >= 0.6 is 0 Å². The van der Waals surface area contributed by atoms with Gasteiger partial charge in [0.2, 0.25) is 0 Å². The molecule has 2 rings (SSSR count). The van der Waals surface area contributed by atoms with Gasteiger partial charge in [0.25, 0.3) is 5.56 Å². The maximum Gasteiger partial charge on any atom is 0.264 e. The van der Waals surface area contributed by atoms with Gasteiger partial charge < -0.3 is 0 Å². The molecule has 0 bridgehead atoms. The second-order valence-corrected chi connectivity index (χ2v) is 3.02. The second-order valence-electron chi connectivity index (χ2n) is 3.02. The van der Waals surface area contributed by atoms with Gasteiger partial charge in [0.15, 0.2) is 0 Å². The number of aryl methyl sites for hydroxylation is 1. The van der Waals surface area contributed by atoms with E-state index in [0.717, 1.165) is 11.3 Å². The number of H-pyrrole nitrogens is 1. The van der Waals surface area contributed by atoms with Crippen molar-refractivity contribution in [1.29, 1.82) is 0 Å². The first kappa shape index (κ1) is 8.62. The molecule has 0 aliphatic rings. The molecule has 0 fully saturated rings. The SMILES string of the molecule is Cc1ccnc(-c2ccc(=O)[nH]n2)c1. The van der Waals surface area contributed by atoms with Crippen LogP contribution in [0, 0.1) is 6.92 Å². The normalized spacial score (nSPS) is 10.1. The average molecular weight is 187 g/mol. The Labute approximate surface area is 80.6 Å². The number of aromatic nitrogens is 3. The first-order valence-corrected chi connectivity index (χ1v) is 4.24. The highest BCUT2D eigenvalue weighted by Crippen LogP contribution is 2.12. The van der Waals surface area contributed by atoms with E-state index in [1.807, 2.05) is 19.1 Å². The van der Waals surface area contributed by atoms with E-state index >= 15 is 0 Å². The quantitative estimate of drug-likeness (QED) is 0.728. The topological polar surface area (TPSA) is 58.6 Å². The van der Waals surface area contributed by atoms with Crippen LogP contribution in [0.4, 0.5) is 0 Å². The molecule has 0 atom stereocenters. The largest absolute Gasteiger partial charge is 0.268 e. The van der Waals surface area contributed by atoms with Crippen LogP contribution in [0.3, 0.4) is 0 Å². The van der Waals surface area contributed by atoms with E-state index in [-0.39, 0.29) is 5.56 Å². The zero-order valence-corrected chi connectivity index (χ0v) is 7.69. The van der Waals surface area contributed by atoms with Crippen LogP contribution in [0.15, 0.2) is 35.3 Å². The first-order valence-electron chi connectivity index (χ1n) is 4.24. The summed E-state index contributed by atoms with van der Waals surface area (Å²) in [6.07, 6.45) is 1.72. The van der Waals surface area contributed by atoms with Crippen molar-refractivity contribution in [1.82, 2.24) is 15.2 Å². The smallest absolute Gasteiger partial charge is 0.264 e. The third kappa shape index (κ3) is 1.69. The molecule has 2 aromatic rings. The van der Waals surface area contributed by atoms with Crippen LogP contribution in [0.25, 0.3) is 11.4 Å². The van der Waals surface area contributed by atoms with Gasteiger partial charge in [-0.1, -0.05) is 0 Å². The molecule has 4 nitrogen and oxygen atoms in total. The van der Waals surface area contributed by atoms with E-state index in [1.54, 1.807) is 12.3 Å². The Hall–Kier alpha value is -1.97. The molecule has 0 aliphatic heterocycles. The monoisotopic (exact) mass is 187 g/mol. The van der Waals surface area contributed by atoms with Crippen molar-refractivity contribution in [3.8, 4) is 11.4 Å². The van der Waals surface area contributed by atoms with Crippen LogP contribution < -0.4 is 5.56 Å². The Morgan fingerprint density at radius 2 is 2.07 bits per heavy atom. The summed E-state index contributed by atoms with van der Waals surface area (Å²) in [5, 5.41) is 6.26. The van der Waals surface area contributed by atoms with Crippen LogP contribution in [0.1, 0.15) is 5.56 Å². The third-order valence-corrected chi connectivity index (χ3v) is 1.86. The Kier molecular flexibility index (Phi) is 2.10. The van der Waals surface area contributed by atoms with Gasteiger partial charge in [0, 0.05) is 12.3 Å². The lowest BCUT2D eigenvalue weighted by Crippen LogP contribution is -2.05. The van der Waals surface area contributed by atoms with Crippen molar-refractivity contribution in [2.75, 3.05) is 0 Å². The molecule has 1 N–H and O–H groups in total. The van der Waals surface area contributed by atoms with Crippen molar-refractivity contribution < 1.29 is 0 Å². The number of rotatable bonds is 1. The minimum absolute atomic E-state index is 0.207. The lowest BCUT2D eigenvalue weighted by Gasteiger charge is -1.98. The summed E-state index contributed by atoms with van der Waals surface area (Å²) in [6.45, 7) is 1.98. The van der Waals surface area contributed by atoms with Crippen molar-refractivity contribution in [2.24, 2.45) is 0 Å². The molecule has 0 spiro atoms. The molecule has 0 aliphatic carbocycles. The summed E-state index contributed by atoms with van der Waals surface area (Å²) in [4.78, 5) is 14.9.